The summed E-state index contributed by atoms with van der Waals surface area (Å²) in [7, 11) is 0. The van der Waals surface area contributed by atoms with Crippen LogP contribution in [-0.4, -0.2) is 13.2 Å². The summed E-state index contributed by atoms with van der Waals surface area (Å²) in [5.41, 5.74) is 8.35. The molecule has 21 heavy (non-hydrogen) atoms. The predicted octanol–water partition coefficient (Wildman–Crippen LogP) is 4.12. The van der Waals surface area contributed by atoms with Crippen LogP contribution in [0.2, 0.25) is 5.02 Å². The van der Waals surface area contributed by atoms with Crippen LogP contribution in [0.5, 0.6) is 11.5 Å². The quantitative estimate of drug-likeness (QED) is 0.886. The van der Waals surface area contributed by atoms with Crippen molar-refractivity contribution in [2.45, 2.75) is 12.5 Å². The highest BCUT2D eigenvalue weighted by atomic mass is 79.9. The first-order valence-electron chi connectivity index (χ1n) is 6.72. The molecular formula is C16H15BrClNO2. The Morgan fingerprint density at radius 2 is 1.86 bits per heavy atom. The van der Waals surface area contributed by atoms with E-state index in [2.05, 4.69) is 28.1 Å². The van der Waals surface area contributed by atoms with Crippen molar-refractivity contribution >= 4 is 27.5 Å². The topological polar surface area (TPSA) is 44.5 Å². The molecule has 1 heterocycles. The Morgan fingerprint density at radius 3 is 2.57 bits per heavy atom. The van der Waals surface area contributed by atoms with Gasteiger partial charge in [0, 0.05) is 21.6 Å². The fourth-order valence-corrected chi connectivity index (χ4v) is 3.13. The van der Waals surface area contributed by atoms with Crippen LogP contribution in [0.4, 0.5) is 0 Å². The normalized spacial score (nSPS) is 14.8. The van der Waals surface area contributed by atoms with E-state index in [1.807, 2.05) is 18.2 Å². The molecule has 2 N–H and O–H groups in total. The molecule has 3 nitrogen and oxygen atoms in total. The van der Waals surface area contributed by atoms with Crippen LogP contribution in [0.25, 0.3) is 0 Å². The van der Waals surface area contributed by atoms with E-state index in [1.165, 1.54) is 0 Å². The zero-order valence-corrected chi connectivity index (χ0v) is 13.7. The molecule has 0 saturated heterocycles. The van der Waals surface area contributed by atoms with Crippen LogP contribution in [0.1, 0.15) is 17.2 Å². The molecule has 1 atom stereocenters. The first-order chi connectivity index (χ1) is 10.1. The number of rotatable bonds is 3. The molecule has 0 aliphatic carbocycles. The van der Waals surface area contributed by atoms with Gasteiger partial charge in [-0.15, -0.1) is 0 Å². The lowest BCUT2D eigenvalue weighted by molar-refractivity contribution is 0.171. The Hall–Kier alpha value is -1.23. The van der Waals surface area contributed by atoms with E-state index < -0.39 is 0 Å². The first-order valence-corrected chi connectivity index (χ1v) is 7.89. The van der Waals surface area contributed by atoms with Gasteiger partial charge in [0.1, 0.15) is 13.2 Å². The molecule has 0 saturated carbocycles. The molecule has 110 valence electrons. The Balaban J connectivity index is 1.85. The van der Waals surface area contributed by atoms with Crippen molar-refractivity contribution in [3.8, 4) is 11.5 Å². The predicted molar refractivity (Wildman–Crippen MR) is 87.2 cm³/mol. The SMILES string of the molecule is NC(Cc1cccc(Br)c1)c1cc2c(cc1Cl)OCCO2. The average molecular weight is 369 g/mol. The van der Waals surface area contributed by atoms with Crippen molar-refractivity contribution in [1.29, 1.82) is 0 Å². The monoisotopic (exact) mass is 367 g/mol. The number of ether oxygens (including phenoxy) is 2. The van der Waals surface area contributed by atoms with Gasteiger partial charge in [-0.3, -0.25) is 0 Å². The van der Waals surface area contributed by atoms with E-state index in [4.69, 9.17) is 26.8 Å². The molecule has 0 amide bonds. The molecule has 3 rings (SSSR count). The van der Waals surface area contributed by atoms with Crippen molar-refractivity contribution in [2.75, 3.05) is 13.2 Å². The van der Waals surface area contributed by atoms with E-state index in [0.29, 0.717) is 36.2 Å². The number of hydrogen-bond donors (Lipinski definition) is 1. The Kier molecular flexibility index (Phi) is 4.38. The summed E-state index contributed by atoms with van der Waals surface area (Å²) < 4.78 is 12.2. The summed E-state index contributed by atoms with van der Waals surface area (Å²) in [5.74, 6) is 1.40. The van der Waals surface area contributed by atoms with Crippen molar-refractivity contribution < 1.29 is 9.47 Å². The molecule has 5 heteroatoms. The summed E-state index contributed by atoms with van der Waals surface area (Å²) in [6.45, 7) is 1.10. The van der Waals surface area contributed by atoms with Gasteiger partial charge in [-0.25, -0.2) is 0 Å². The number of fused-ring (bicyclic) bond motifs is 1. The molecule has 0 fully saturated rings. The third-order valence-corrected chi connectivity index (χ3v) is 4.23. The Morgan fingerprint density at radius 1 is 1.14 bits per heavy atom. The van der Waals surface area contributed by atoms with Gasteiger partial charge in [-0.05, 0) is 35.7 Å². The van der Waals surface area contributed by atoms with Gasteiger partial charge in [0.25, 0.3) is 0 Å². The second kappa shape index (κ2) is 6.26. The number of benzene rings is 2. The van der Waals surface area contributed by atoms with Crippen molar-refractivity contribution in [3.05, 3.63) is 57.0 Å². The highest BCUT2D eigenvalue weighted by Crippen LogP contribution is 2.37. The van der Waals surface area contributed by atoms with Gasteiger partial charge >= 0.3 is 0 Å². The molecular weight excluding hydrogens is 354 g/mol. The minimum atomic E-state index is -0.192. The molecule has 0 spiro atoms. The van der Waals surface area contributed by atoms with Crippen LogP contribution in [0, 0.1) is 0 Å². The minimum Gasteiger partial charge on any atom is -0.486 e. The number of halogens is 2. The van der Waals surface area contributed by atoms with Crippen molar-refractivity contribution in [3.63, 3.8) is 0 Å². The Bertz CT molecular complexity index is 663. The fourth-order valence-electron chi connectivity index (χ4n) is 2.39. The summed E-state index contributed by atoms with van der Waals surface area (Å²) in [6, 6.07) is 11.6. The van der Waals surface area contributed by atoms with E-state index in [0.717, 1.165) is 15.6 Å². The summed E-state index contributed by atoms with van der Waals surface area (Å²) in [4.78, 5) is 0. The largest absolute Gasteiger partial charge is 0.486 e. The van der Waals surface area contributed by atoms with Gasteiger partial charge in [-0.2, -0.15) is 0 Å². The van der Waals surface area contributed by atoms with Crippen LogP contribution >= 0.6 is 27.5 Å². The maximum Gasteiger partial charge on any atom is 0.162 e. The molecule has 2 aromatic rings. The first kappa shape index (κ1) is 14.7. The van der Waals surface area contributed by atoms with E-state index in [-0.39, 0.29) is 6.04 Å². The highest BCUT2D eigenvalue weighted by Gasteiger charge is 2.18. The van der Waals surface area contributed by atoms with Crippen molar-refractivity contribution in [2.24, 2.45) is 5.73 Å². The van der Waals surface area contributed by atoms with Gasteiger partial charge in [0.15, 0.2) is 11.5 Å². The number of nitrogens with two attached hydrogens (primary N) is 1. The molecule has 2 aromatic carbocycles. The molecule has 0 aromatic heterocycles. The summed E-state index contributed by atoms with van der Waals surface area (Å²) in [6.07, 6.45) is 0.707. The standard InChI is InChI=1S/C16H15BrClNO2/c17-11-3-1-2-10(6-11)7-14(19)12-8-15-16(9-13(12)18)21-5-4-20-15/h1-3,6,8-9,14H,4-5,7,19H2. The molecule has 1 aliphatic heterocycles. The second-order valence-corrected chi connectivity index (χ2v) is 6.28. The minimum absolute atomic E-state index is 0.192. The molecule has 1 aliphatic rings. The molecule has 0 bridgehead atoms. The highest BCUT2D eigenvalue weighted by molar-refractivity contribution is 9.10. The van der Waals surface area contributed by atoms with Crippen LogP contribution in [0.3, 0.4) is 0 Å². The van der Waals surface area contributed by atoms with Gasteiger partial charge in [0.2, 0.25) is 0 Å². The van der Waals surface area contributed by atoms with Gasteiger partial charge < -0.3 is 15.2 Å². The number of hydrogen-bond acceptors (Lipinski definition) is 3. The van der Waals surface area contributed by atoms with Gasteiger partial charge in [-0.1, -0.05) is 39.7 Å². The zero-order valence-electron chi connectivity index (χ0n) is 11.3. The van der Waals surface area contributed by atoms with Crippen LogP contribution in [0.15, 0.2) is 40.9 Å². The third kappa shape index (κ3) is 3.34. The molecule has 0 radical (unpaired) electrons. The maximum atomic E-state index is 6.33. The van der Waals surface area contributed by atoms with E-state index >= 15 is 0 Å². The third-order valence-electron chi connectivity index (χ3n) is 3.41. The van der Waals surface area contributed by atoms with Crippen molar-refractivity contribution in [1.82, 2.24) is 0 Å². The van der Waals surface area contributed by atoms with Crippen LogP contribution in [-0.2, 0) is 6.42 Å². The van der Waals surface area contributed by atoms with E-state index in [9.17, 15) is 0 Å². The smallest absolute Gasteiger partial charge is 0.162 e. The lowest BCUT2D eigenvalue weighted by Gasteiger charge is -2.22. The zero-order chi connectivity index (χ0) is 14.8. The summed E-state index contributed by atoms with van der Waals surface area (Å²) >= 11 is 9.80. The Labute approximate surface area is 137 Å². The maximum absolute atomic E-state index is 6.33. The average Bonchev–Trinajstić information content (AvgIpc) is 2.46. The fraction of sp³-hybridized carbons (Fsp3) is 0.250. The lowest BCUT2D eigenvalue weighted by atomic mass is 9.99. The summed E-state index contributed by atoms with van der Waals surface area (Å²) in [5, 5.41) is 0.613. The van der Waals surface area contributed by atoms with Gasteiger partial charge in [0.05, 0.1) is 0 Å². The van der Waals surface area contributed by atoms with Crippen LogP contribution < -0.4 is 15.2 Å². The second-order valence-electron chi connectivity index (χ2n) is 4.96. The molecule has 1 unspecified atom stereocenters. The van der Waals surface area contributed by atoms with E-state index in [1.54, 1.807) is 6.07 Å². The lowest BCUT2D eigenvalue weighted by Crippen LogP contribution is -2.18.